The Balaban J connectivity index is 3.27. The fourth-order valence-corrected chi connectivity index (χ4v) is 2.48. The Morgan fingerprint density at radius 3 is 1.81 bits per heavy atom. The standard InChI is InChI=1S/C18H28O9/c1-6-12(19)24-11-10-23-17(26-14(21)8-3)18(5,27-15(22)9-4)16(11)25-13(20)7-2/h11,16-17H,6-10H2,1-5H3/t11-,16+,17?,18?/m1/s1. The molecule has 0 aromatic carbocycles. The molecule has 27 heavy (non-hydrogen) atoms. The minimum atomic E-state index is -1.68. The molecule has 0 aromatic heterocycles. The van der Waals surface area contributed by atoms with Crippen molar-refractivity contribution in [3.8, 4) is 0 Å². The van der Waals surface area contributed by atoms with Gasteiger partial charge in [0.2, 0.25) is 11.9 Å². The minimum absolute atomic E-state index is 0.0396. The van der Waals surface area contributed by atoms with Crippen molar-refractivity contribution in [2.45, 2.75) is 84.4 Å². The van der Waals surface area contributed by atoms with Gasteiger partial charge in [0.05, 0.1) is 6.61 Å². The molecule has 0 saturated carbocycles. The molecule has 1 saturated heterocycles. The highest BCUT2D eigenvalue weighted by molar-refractivity contribution is 5.72. The van der Waals surface area contributed by atoms with Crippen molar-refractivity contribution in [3.63, 3.8) is 0 Å². The second-order valence-electron chi connectivity index (χ2n) is 6.17. The summed E-state index contributed by atoms with van der Waals surface area (Å²) in [7, 11) is 0. The third-order valence-corrected chi connectivity index (χ3v) is 4.05. The van der Waals surface area contributed by atoms with E-state index >= 15 is 0 Å². The van der Waals surface area contributed by atoms with Gasteiger partial charge in [0.15, 0.2) is 12.2 Å². The highest BCUT2D eigenvalue weighted by Gasteiger charge is 2.58. The van der Waals surface area contributed by atoms with Crippen molar-refractivity contribution in [3.05, 3.63) is 0 Å². The van der Waals surface area contributed by atoms with E-state index in [9.17, 15) is 19.2 Å². The number of carbonyl (C=O) groups is 4. The van der Waals surface area contributed by atoms with Crippen molar-refractivity contribution in [2.75, 3.05) is 6.61 Å². The third kappa shape index (κ3) is 5.92. The van der Waals surface area contributed by atoms with Crippen LogP contribution in [0.5, 0.6) is 0 Å². The number of esters is 4. The van der Waals surface area contributed by atoms with Gasteiger partial charge in [-0.25, -0.2) is 0 Å². The predicted octanol–water partition coefficient (Wildman–Crippen LogP) is 1.65. The summed E-state index contributed by atoms with van der Waals surface area (Å²) in [5.74, 6) is -2.31. The predicted molar refractivity (Wildman–Crippen MR) is 91.3 cm³/mol. The van der Waals surface area contributed by atoms with E-state index in [1.165, 1.54) is 6.92 Å². The molecule has 0 radical (unpaired) electrons. The molecule has 0 bridgehead atoms. The molecule has 1 rings (SSSR count). The summed E-state index contributed by atoms with van der Waals surface area (Å²) in [5, 5.41) is 0. The van der Waals surface area contributed by atoms with Gasteiger partial charge < -0.3 is 23.7 Å². The fraction of sp³-hybridized carbons (Fsp3) is 0.778. The molecule has 4 atom stereocenters. The second kappa shape index (κ2) is 10.2. The summed E-state index contributed by atoms with van der Waals surface area (Å²) >= 11 is 0. The average Bonchev–Trinajstić information content (AvgIpc) is 2.66. The van der Waals surface area contributed by atoms with Crippen LogP contribution in [0.3, 0.4) is 0 Å². The molecule has 0 N–H and O–H groups in total. The quantitative estimate of drug-likeness (QED) is 0.452. The summed E-state index contributed by atoms with van der Waals surface area (Å²) in [5.41, 5.74) is -1.68. The molecule has 1 fully saturated rings. The number of carbonyl (C=O) groups excluding carboxylic acids is 4. The van der Waals surface area contributed by atoms with Crippen LogP contribution in [-0.4, -0.2) is 54.6 Å². The van der Waals surface area contributed by atoms with Crippen LogP contribution in [-0.2, 0) is 42.9 Å². The lowest BCUT2D eigenvalue weighted by molar-refractivity contribution is -0.309. The molecule has 0 spiro atoms. The lowest BCUT2D eigenvalue weighted by atomic mass is 9.90. The Labute approximate surface area is 158 Å². The zero-order chi connectivity index (χ0) is 20.6. The van der Waals surface area contributed by atoms with Crippen molar-refractivity contribution in [1.29, 1.82) is 0 Å². The zero-order valence-corrected chi connectivity index (χ0v) is 16.4. The molecule has 1 aliphatic heterocycles. The molecule has 1 aliphatic rings. The van der Waals surface area contributed by atoms with Crippen LogP contribution >= 0.6 is 0 Å². The third-order valence-electron chi connectivity index (χ3n) is 4.05. The Hall–Kier alpha value is -2.16. The molecule has 9 heteroatoms. The van der Waals surface area contributed by atoms with E-state index in [4.69, 9.17) is 23.7 Å². The van der Waals surface area contributed by atoms with E-state index in [0.717, 1.165) is 0 Å². The maximum atomic E-state index is 12.0. The van der Waals surface area contributed by atoms with Gasteiger partial charge in [0.1, 0.15) is 0 Å². The Bertz CT molecular complexity index is 559. The normalized spacial score (nSPS) is 27.4. The van der Waals surface area contributed by atoms with E-state index in [0.29, 0.717) is 0 Å². The second-order valence-corrected chi connectivity index (χ2v) is 6.17. The lowest BCUT2D eigenvalue weighted by Gasteiger charge is -2.46. The molecule has 0 amide bonds. The Morgan fingerprint density at radius 1 is 0.815 bits per heavy atom. The molecular formula is C18H28O9. The first-order chi connectivity index (χ1) is 12.7. The number of ether oxygens (including phenoxy) is 5. The number of hydrogen-bond acceptors (Lipinski definition) is 9. The van der Waals surface area contributed by atoms with Crippen LogP contribution in [0.2, 0.25) is 0 Å². The lowest BCUT2D eigenvalue weighted by Crippen LogP contribution is -2.66. The van der Waals surface area contributed by atoms with Gasteiger partial charge in [-0.05, 0) is 6.92 Å². The van der Waals surface area contributed by atoms with Gasteiger partial charge in [-0.1, -0.05) is 27.7 Å². The topological polar surface area (TPSA) is 114 Å². The first-order valence-electron chi connectivity index (χ1n) is 9.13. The molecule has 9 nitrogen and oxygen atoms in total. The highest BCUT2D eigenvalue weighted by Crippen LogP contribution is 2.35. The smallest absolute Gasteiger partial charge is 0.307 e. The molecule has 0 aliphatic carbocycles. The number of rotatable bonds is 8. The Morgan fingerprint density at radius 2 is 1.30 bits per heavy atom. The van der Waals surface area contributed by atoms with Crippen molar-refractivity contribution in [2.24, 2.45) is 0 Å². The molecule has 154 valence electrons. The van der Waals surface area contributed by atoms with E-state index in [2.05, 4.69) is 0 Å². The van der Waals surface area contributed by atoms with Gasteiger partial charge in [0.25, 0.3) is 0 Å². The maximum Gasteiger partial charge on any atom is 0.307 e. The van der Waals surface area contributed by atoms with Gasteiger partial charge >= 0.3 is 23.9 Å². The first kappa shape index (κ1) is 22.9. The Kier molecular flexibility index (Phi) is 8.68. The van der Waals surface area contributed by atoms with E-state index in [1.807, 2.05) is 0 Å². The maximum absolute atomic E-state index is 12.0. The largest absolute Gasteiger partial charge is 0.456 e. The fourth-order valence-electron chi connectivity index (χ4n) is 2.48. The van der Waals surface area contributed by atoms with Crippen LogP contribution < -0.4 is 0 Å². The van der Waals surface area contributed by atoms with E-state index in [-0.39, 0.29) is 32.3 Å². The van der Waals surface area contributed by atoms with Crippen LogP contribution in [0, 0.1) is 0 Å². The van der Waals surface area contributed by atoms with Crippen LogP contribution in [0.15, 0.2) is 0 Å². The molecule has 2 unspecified atom stereocenters. The van der Waals surface area contributed by atoms with Gasteiger partial charge in [-0.3, -0.25) is 19.2 Å². The highest BCUT2D eigenvalue weighted by atomic mass is 16.7. The van der Waals surface area contributed by atoms with Crippen molar-refractivity contribution in [1.82, 2.24) is 0 Å². The van der Waals surface area contributed by atoms with Crippen LogP contribution in [0.25, 0.3) is 0 Å². The summed E-state index contributed by atoms with van der Waals surface area (Å²) in [6.07, 6.45) is -3.25. The minimum Gasteiger partial charge on any atom is -0.456 e. The van der Waals surface area contributed by atoms with Crippen LogP contribution in [0.4, 0.5) is 0 Å². The summed E-state index contributed by atoms with van der Waals surface area (Å²) < 4.78 is 27.0. The van der Waals surface area contributed by atoms with Gasteiger partial charge in [0, 0.05) is 25.7 Å². The van der Waals surface area contributed by atoms with Gasteiger partial charge in [-0.15, -0.1) is 0 Å². The summed E-state index contributed by atoms with van der Waals surface area (Å²) in [4.78, 5) is 47.5. The van der Waals surface area contributed by atoms with Gasteiger partial charge in [-0.2, -0.15) is 0 Å². The summed E-state index contributed by atoms with van der Waals surface area (Å²) in [6.45, 7) is 7.63. The average molecular weight is 388 g/mol. The first-order valence-corrected chi connectivity index (χ1v) is 9.13. The number of hydrogen-bond donors (Lipinski definition) is 0. The molecular weight excluding hydrogens is 360 g/mol. The summed E-state index contributed by atoms with van der Waals surface area (Å²) in [6, 6.07) is 0. The van der Waals surface area contributed by atoms with Crippen molar-refractivity contribution < 1.29 is 42.9 Å². The van der Waals surface area contributed by atoms with E-state index in [1.54, 1.807) is 27.7 Å². The zero-order valence-electron chi connectivity index (χ0n) is 16.4. The van der Waals surface area contributed by atoms with Crippen LogP contribution in [0.1, 0.15) is 60.3 Å². The molecule has 0 aromatic rings. The SMILES string of the molecule is CCC(=O)OC1OC[C@@H](OC(=O)CC)[C@H](OC(=O)CC)C1(C)OC(=O)CC. The van der Waals surface area contributed by atoms with Crippen molar-refractivity contribution >= 4 is 23.9 Å². The molecule has 1 heterocycles. The monoisotopic (exact) mass is 388 g/mol. The van der Waals surface area contributed by atoms with E-state index < -0.39 is 48.0 Å².